The van der Waals surface area contributed by atoms with Crippen molar-refractivity contribution in [2.45, 2.75) is 63.5 Å². The SMILES string of the molecule is CCNC1(C#N)CCCC(N2CC3CCCC3C2)C1. The quantitative estimate of drug-likeness (QED) is 0.848. The maximum Gasteiger partial charge on any atom is 0.108 e. The third-order valence-corrected chi connectivity index (χ3v) is 5.73. The van der Waals surface area contributed by atoms with Gasteiger partial charge in [0.2, 0.25) is 0 Å². The molecule has 0 aromatic rings. The van der Waals surface area contributed by atoms with Crippen LogP contribution in [0.5, 0.6) is 0 Å². The Morgan fingerprint density at radius 1 is 1.21 bits per heavy atom. The highest BCUT2D eigenvalue weighted by Gasteiger charge is 2.43. The van der Waals surface area contributed by atoms with E-state index in [1.165, 1.54) is 45.2 Å². The standard InChI is InChI=1S/C16H27N3/c1-2-18-16(12-17)8-4-7-15(9-16)19-10-13-5-3-6-14(13)11-19/h13-15,18H,2-11H2,1H3. The van der Waals surface area contributed by atoms with Crippen LogP contribution in [0.4, 0.5) is 0 Å². The van der Waals surface area contributed by atoms with Crippen LogP contribution in [0.25, 0.3) is 0 Å². The summed E-state index contributed by atoms with van der Waals surface area (Å²) >= 11 is 0. The van der Waals surface area contributed by atoms with Crippen LogP contribution in [-0.4, -0.2) is 36.1 Å². The first kappa shape index (κ1) is 13.4. The van der Waals surface area contributed by atoms with Crippen molar-refractivity contribution in [3.8, 4) is 6.07 Å². The number of hydrogen-bond donors (Lipinski definition) is 1. The number of fused-ring (bicyclic) bond motifs is 1. The molecule has 3 fully saturated rings. The lowest BCUT2D eigenvalue weighted by Crippen LogP contribution is -2.52. The summed E-state index contributed by atoms with van der Waals surface area (Å²) in [6.45, 7) is 5.64. The molecule has 3 heteroatoms. The van der Waals surface area contributed by atoms with Gasteiger partial charge in [0.15, 0.2) is 0 Å². The molecule has 1 aliphatic heterocycles. The molecular weight excluding hydrogens is 234 g/mol. The Bertz CT molecular complexity index is 345. The van der Waals surface area contributed by atoms with Crippen molar-refractivity contribution in [1.82, 2.24) is 10.2 Å². The van der Waals surface area contributed by atoms with Crippen LogP contribution >= 0.6 is 0 Å². The fraction of sp³-hybridized carbons (Fsp3) is 0.938. The molecule has 1 heterocycles. The molecule has 0 amide bonds. The third-order valence-electron chi connectivity index (χ3n) is 5.73. The van der Waals surface area contributed by atoms with Crippen molar-refractivity contribution in [3.63, 3.8) is 0 Å². The van der Waals surface area contributed by atoms with Gasteiger partial charge < -0.3 is 0 Å². The van der Waals surface area contributed by atoms with E-state index in [1.54, 1.807) is 0 Å². The average molecular weight is 261 g/mol. The molecule has 106 valence electrons. The average Bonchev–Trinajstić information content (AvgIpc) is 3.00. The van der Waals surface area contributed by atoms with E-state index < -0.39 is 0 Å². The number of nitrogens with zero attached hydrogens (tertiary/aromatic N) is 2. The Labute approximate surface area is 117 Å². The minimum absolute atomic E-state index is 0.241. The van der Waals surface area contributed by atoms with E-state index >= 15 is 0 Å². The fourth-order valence-corrected chi connectivity index (χ4v) is 4.77. The Balaban J connectivity index is 1.64. The lowest BCUT2D eigenvalue weighted by molar-refractivity contribution is 0.136. The minimum atomic E-state index is -0.241. The van der Waals surface area contributed by atoms with Crippen LogP contribution in [-0.2, 0) is 0 Å². The largest absolute Gasteiger partial charge is 0.300 e. The Kier molecular flexibility index (Phi) is 3.82. The van der Waals surface area contributed by atoms with Crippen molar-refractivity contribution in [3.05, 3.63) is 0 Å². The third kappa shape index (κ3) is 2.53. The van der Waals surface area contributed by atoms with Crippen LogP contribution in [0.2, 0.25) is 0 Å². The van der Waals surface area contributed by atoms with E-state index in [4.69, 9.17) is 0 Å². The molecule has 0 aromatic carbocycles. The van der Waals surface area contributed by atoms with Gasteiger partial charge in [-0.15, -0.1) is 0 Å². The van der Waals surface area contributed by atoms with Crippen LogP contribution < -0.4 is 5.32 Å². The summed E-state index contributed by atoms with van der Waals surface area (Å²) < 4.78 is 0. The number of nitriles is 1. The maximum atomic E-state index is 9.56. The molecule has 0 radical (unpaired) electrons. The van der Waals surface area contributed by atoms with Gasteiger partial charge >= 0.3 is 0 Å². The molecule has 4 unspecified atom stereocenters. The number of nitrogens with one attached hydrogen (secondary N) is 1. The molecule has 2 aliphatic carbocycles. The molecule has 0 bridgehead atoms. The first-order valence-electron chi connectivity index (χ1n) is 8.16. The number of hydrogen-bond acceptors (Lipinski definition) is 3. The second-order valence-electron chi connectivity index (χ2n) is 6.88. The van der Waals surface area contributed by atoms with Gasteiger partial charge in [0.1, 0.15) is 5.54 Å². The van der Waals surface area contributed by atoms with Gasteiger partial charge in [-0.3, -0.25) is 10.2 Å². The van der Waals surface area contributed by atoms with Crippen molar-refractivity contribution < 1.29 is 0 Å². The van der Waals surface area contributed by atoms with E-state index in [1.807, 2.05) is 0 Å². The summed E-state index contributed by atoms with van der Waals surface area (Å²) in [5.41, 5.74) is -0.241. The lowest BCUT2D eigenvalue weighted by atomic mass is 9.79. The van der Waals surface area contributed by atoms with Crippen LogP contribution in [0.1, 0.15) is 51.9 Å². The first-order chi connectivity index (χ1) is 9.26. The zero-order chi connectivity index (χ0) is 13.3. The highest BCUT2D eigenvalue weighted by atomic mass is 15.2. The molecule has 3 rings (SSSR count). The van der Waals surface area contributed by atoms with Crippen molar-refractivity contribution in [2.24, 2.45) is 11.8 Å². The summed E-state index contributed by atoms with van der Waals surface area (Å²) in [7, 11) is 0. The molecule has 3 nitrogen and oxygen atoms in total. The number of likely N-dealkylation sites (tertiary alicyclic amines) is 1. The predicted molar refractivity (Wildman–Crippen MR) is 76.7 cm³/mol. The molecule has 4 atom stereocenters. The monoisotopic (exact) mass is 261 g/mol. The molecule has 19 heavy (non-hydrogen) atoms. The van der Waals surface area contributed by atoms with Gasteiger partial charge in [-0.1, -0.05) is 13.3 Å². The lowest BCUT2D eigenvalue weighted by Gasteiger charge is -2.40. The van der Waals surface area contributed by atoms with Gasteiger partial charge in [-0.2, -0.15) is 5.26 Å². The molecular formula is C16H27N3. The van der Waals surface area contributed by atoms with E-state index in [9.17, 15) is 5.26 Å². The summed E-state index contributed by atoms with van der Waals surface area (Å²) in [6, 6.07) is 3.24. The number of rotatable bonds is 3. The summed E-state index contributed by atoms with van der Waals surface area (Å²) in [4.78, 5) is 2.72. The second-order valence-corrected chi connectivity index (χ2v) is 6.88. The zero-order valence-corrected chi connectivity index (χ0v) is 12.2. The van der Waals surface area contributed by atoms with Gasteiger partial charge in [-0.05, 0) is 56.9 Å². The minimum Gasteiger partial charge on any atom is -0.300 e. The highest BCUT2D eigenvalue weighted by Crippen LogP contribution is 2.41. The van der Waals surface area contributed by atoms with Gasteiger partial charge in [0.25, 0.3) is 0 Å². The summed E-state index contributed by atoms with van der Waals surface area (Å²) in [6.07, 6.45) is 8.93. The van der Waals surface area contributed by atoms with Crippen molar-refractivity contribution in [1.29, 1.82) is 5.26 Å². The predicted octanol–water partition coefficient (Wildman–Crippen LogP) is 2.53. The van der Waals surface area contributed by atoms with E-state index in [2.05, 4.69) is 23.2 Å². The van der Waals surface area contributed by atoms with Gasteiger partial charge in [-0.25, -0.2) is 0 Å². The maximum absolute atomic E-state index is 9.56. The zero-order valence-electron chi connectivity index (χ0n) is 12.2. The molecule has 0 aromatic heterocycles. The smallest absolute Gasteiger partial charge is 0.108 e. The Morgan fingerprint density at radius 2 is 1.95 bits per heavy atom. The highest BCUT2D eigenvalue weighted by molar-refractivity contribution is 5.11. The van der Waals surface area contributed by atoms with E-state index in [0.717, 1.165) is 31.2 Å². The fourth-order valence-electron chi connectivity index (χ4n) is 4.77. The van der Waals surface area contributed by atoms with E-state index in [0.29, 0.717) is 6.04 Å². The van der Waals surface area contributed by atoms with E-state index in [-0.39, 0.29) is 5.54 Å². The van der Waals surface area contributed by atoms with Crippen LogP contribution in [0.3, 0.4) is 0 Å². The van der Waals surface area contributed by atoms with Gasteiger partial charge in [0, 0.05) is 19.1 Å². The Morgan fingerprint density at radius 3 is 2.58 bits per heavy atom. The molecule has 2 saturated carbocycles. The van der Waals surface area contributed by atoms with Gasteiger partial charge in [0.05, 0.1) is 6.07 Å². The summed E-state index contributed by atoms with van der Waals surface area (Å²) in [5, 5.41) is 13.0. The molecule has 0 spiro atoms. The van der Waals surface area contributed by atoms with Crippen LogP contribution in [0, 0.1) is 23.2 Å². The molecule has 1 saturated heterocycles. The van der Waals surface area contributed by atoms with Crippen molar-refractivity contribution in [2.75, 3.05) is 19.6 Å². The normalized spacial score (nSPS) is 43.1. The molecule has 1 N–H and O–H groups in total. The second kappa shape index (κ2) is 5.42. The Hall–Kier alpha value is -0.590. The van der Waals surface area contributed by atoms with Crippen molar-refractivity contribution >= 4 is 0 Å². The first-order valence-corrected chi connectivity index (χ1v) is 8.16. The topological polar surface area (TPSA) is 39.1 Å². The summed E-state index contributed by atoms with van der Waals surface area (Å²) in [5.74, 6) is 1.94. The van der Waals surface area contributed by atoms with Crippen LogP contribution in [0.15, 0.2) is 0 Å². The molecule has 3 aliphatic rings.